The minimum atomic E-state index is -7.00. The average Bonchev–Trinajstić information content (AvgIpc) is 2.60. The molecule has 0 spiro atoms. The third-order valence-electron chi connectivity index (χ3n) is 2.89. The van der Waals surface area contributed by atoms with E-state index in [1.807, 2.05) is 0 Å². The van der Waals surface area contributed by atoms with Crippen LogP contribution in [0.1, 0.15) is 12.8 Å². The van der Waals surface area contributed by atoms with Crippen LogP contribution in [-0.2, 0) is 9.47 Å². The van der Waals surface area contributed by atoms with Crippen molar-refractivity contribution in [3.8, 4) is 0 Å². The van der Waals surface area contributed by atoms with E-state index in [2.05, 4.69) is 46.7 Å². The van der Waals surface area contributed by atoms with E-state index < -0.39 is 62.0 Å². The van der Waals surface area contributed by atoms with Gasteiger partial charge in [0.1, 0.15) is 0 Å². The van der Waals surface area contributed by atoms with Gasteiger partial charge >= 0.3 is 36.3 Å². The van der Waals surface area contributed by atoms with Gasteiger partial charge in [0.15, 0.2) is 0 Å². The highest BCUT2D eigenvalue weighted by atomic mass is 128. The van der Waals surface area contributed by atoms with Crippen LogP contribution in [0.25, 0.3) is 0 Å². The zero-order chi connectivity index (χ0) is 27.0. The van der Waals surface area contributed by atoms with Crippen molar-refractivity contribution in [3.05, 3.63) is 0 Å². The third-order valence-corrected chi connectivity index (χ3v) is 2.89. The summed E-state index contributed by atoms with van der Waals surface area (Å²) >= 11 is 4.24. The first-order valence-corrected chi connectivity index (χ1v) is 13.0. The maximum atomic E-state index is 14.0. The summed E-state index contributed by atoms with van der Waals surface area (Å²) in [7, 11) is 0.500. The minimum absolute atomic E-state index is 0.500. The molecule has 0 aliphatic carbocycles. The summed E-state index contributed by atoms with van der Waals surface area (Å²) < 4.78 is 211. The molecule has 2 nitrogen and oxygen atoms in total. The first-order valence-electron chi connectivity index (χ1n) is 6.72. The normalized spacial score (nSPS) is 30.0. The Hall–Kier alpha value is 0.190. The molecule has 0 radical (unpaired) electrons. The lowest BCUT2D eigenvalue weighted by Crippen LogP contribution is -2.76. The molecule has 32 heavy (non-hydrogen) atoms. The van der Waals surface area contributed by atoms with Crippen molar-refractivity contribution in [2.75, 3.05) is 14.1 Å². The minimum Gasteiger partial charge on any atom is -0.289 e. The lowest BCUT2D eigenvalue weighted by Gasteiger charge is -2.50. The smallest absolute Gasteiger partial charge is 0.289 e. The van der Waals surface area contributed by atoms with E-state index in [1.165, 1.54) is 0 Å². The van der Waals surface area contributed by atoms with Crippen LogP contribution < -0.4 is 0 Å². The van der Waals surface area contributed by atoms with Crippen molar-refractivity contribution in [3.63, 3.8) is 0 Å². The van der Waals surface area contributed by atoms with Gasteiger partial charge in [-0.05, 0) is 0 Å². The van der Waals surface area contributed by atoms with Crippen LogP contribution in [-0.4, -0.2) is 56.3 Å². The highest BCUT2D eigenvalue weighted by Crippen LogP contribution is 2.62. The standard InChI is InChI=1S/C9H4F14O2.CH2F2.CH3F.I2/c10-3(1-2-4(11,12)13)5(14,7(16,17)18)25-9(22,23)6(15,24-3)8(19,20)21;2-1-3;2*1-2/h1-2H2;1H2;1H3;. The van der Waals surface area contributed by atoms with Gasteiger partial charge in [0.25, 0.3) is 5.85 Å². The summed E-state index contributed by atoms with van der Waals surface area (Å²) in [5, 5.41) is 0. The maximum Gasteiger partial charge on any atom is 0.458 e. The van der Waals surface area contributed by atoms with Crippen LogP contribution in [0.2, 0.25) is 0 Å². The predicted octanol–water partition coefficient (Wildman–Crippen LogP) is 8.33. The lowest BCUT2D eigenvalue weighted by molar-refractivity contribution is -0.600. The second kappa shape index (κ2) is 12.8. The van der Waals surface area contributed by atoms with Gasteiger partial charge in [-0.3, -0.25) is 13.9 Å². The lowest BCUT2D eigenvalue weighted by atomic mass is 9.99. The molecule has 1 heterocycles. The van der Waals surface area contributed by atoms with E-state index in [4.69, 9.17) is 0 Å². The van der Waals surface area contributed by atoms with E-state index in [1.54, 1.807) is 0 Å². The maximum absolute atomic E-state index is 14.0. The largest absolute Gasteiger partial charge is 0.458 e. The van der Waals surface area contributed by atoms with Crippen molar-refractivity contribution < 1.29 is 84.1 Å². The van der Waals surface area contributed by atoms with Crippen molar-refractivity contribution in [1.82, 2.24) is 0 Å². The summed E-state index contributed by atoms with van der Waals surface area (Å²) in [4.78, 5) is 0. The average molecular weight is 750 g/mol. The number of hydrogen-bond acceptors (Lipinski definition) is 2. The monoisotopic (exact) mass is 750 g/mol. The second-order valence-electron chi connectivity index (χ2n) is 4.85. The first kappa shape index (κ1) is 36.8. The molecule has 1 saturated heterocycles. The van der Waals surface area contributed by atoms with Crippen LogP contribution in [0.15, 0.2) is 0 Å². The van der Waals surface area contributed by atoms with E-state index in [9.17, 15) is 74.6 Å². The summed E-state index contributed by atoms with van der Waals surface area (Å²) in [5.41, 5.74) is 0. The van der Waals surface area contributed by atoms with Gasteiger partial charge in [0.2, 0.25) is 6.93 Å². The van der Waals surface area contributed by atoms with Crippen LogP contribution in [0.4, 0.5) is 74.6 Å². The van der Waals surface area contributed by atoms with Gasteiger partial charge in [0.05, 0.1) is 7.18 Å². The molecule has 1 aliphatic rings. The number of ether oxygens (including phenoxy) is 2. The van der Waals surface area contributed by atoms with Gasteiger partial charge in [0, 0.05) is 50.1 Å². The zero-order valence-electron chi connectivity index (χ0n) is 14.6. The molecular formula is C11H9F17I2O2. The van der Waals surface area contributed by atoms with E-state index in [-0.39, 0.29) is 0 Å². The molecule has 0 bridgehead atoms. The predicted molar refractivity (Wildman–Crippen MR) is 88.2 cm³/mol. The van der Waals surface area contributed by atoms with Crippen molar-refractivity contribution in [1.29, 1.82) is 0 Å². The molecule has 1 aliphatic heterocycles. The first-order chi connectivity index (χ1) is 14.0. The molecule has 3 atom stereocenters. The van der Waals surface area contributed by atoms with Crippen LogP contribution in [0.3, 0.4) is 0 Å². The molecule has 1 fully saturated rings. The van der Waals surface area contributed by atoms with Gasteiger partial charge in [-0.15, -0.1) is 0 Å². The van der Waals surface area contributed by atoms with Crippen molar-refractivity contribution in [2.45, 2.75) is 55.0 Å². The Morgan fingerprint density at radius 3 is 1.22 bits per heavy atom. The topological polar surface area (TPSA) is 18.5 Å². The fraction of sp³-hybridized carbons (Fsp3) is 1.00. The molecule has 0 aromatic carbocycles. The van der Waals surface area contributed by atoms with E-state index >= 15 is 0 Å². The summed E-state index contributed by atoms with van der Waals surface area (Å²) in [6.45, 7) is -1.75. The molecule has 0 aromatic heterocycles. The number of alkyl halides is 17. The van der Waals surface area contributed by atoms with Crippen LogP contribution >= 0.6 is 37.2 Å². The molecule has 21 heteroatoms. The highest BCUT2D eigenvalue weighted by Gasteiger charge is 2.89. The summed E-state index contributed by atoms with van der Waals surface area (Å²) in [6, 6.07) is 0. The summed E-state index contributed by atoms with van der Waals surface area (Å²) in [6.07, 6.45) is -32.1. The Labute approximate surface area is 190 Å². The van der Waals surface area contributed by atoms with Gasteiger partial charge < -0.3 is 0 Å². The van der Waals surface area contributed by atoms with Gasteiger partial charge in [-0.1, -0.05) is 0 Å². The fourth-order valence-corrected chi connectivity index (χ4v) is 1.67. The Balaban J connectivity index is -0.00000108. The van der Waals surface area contributed by atoms with Crippen LogP contribution in [0.5, 0.6) is 0 Å². The molecule has 0 saturated carbocycles. The highest BCUT2D eigenvalue weighted by molar-refractivity contribution is 15.0. The number of rotatable bonds is 2. The molecule has 0 N–H and O–H groups in total. The van der Waals surface area contributed by atoms with Crippen molar-refractivity contribution in [2.24, 2.45) is 0 Å². The molecule has 0 aromatic rings. The van der Waals surface area contributed by atoms with Crippen molar-refractivity contribution >= 4 is 37.2 Å². The molecule has 198 valence electrons. The molecule has 1 rings (SSSR count). The van der Waals surface area contributed by atoms with Crippen LogP contribution in [0, 0.1) is 0 Å². The molecule has 3 unspecified atom stereocenters. The quantitative estimate of drug-likeness (QED) is 0.209. The zero-order valence-corrected chi connectivity index (χ0v) is 18.9. The van der Waals surface area contributed by atoms with Gasteiger partial charge in [-0.2, -0.15) is 57.1 Å². The SMILES string of the molecule is CF.FC(F)(F)CCC1(F)OC(F)(C(F)(F)F)C(F)(F)OC1(F)C(F)(F)F.FCF.II. The third kappa shape index (κ3) is 8.45. The Kier molecular flexibility index (Phi) is 14.7. The van der Waals surface area contributed by atoms with E-state index in [0.29, 0.717) is 7.18 Å². The number of halogens is 19. The number of hydrogen-bond donors (Lipinski definition) is 0. The second-order valence-corrected chi connectivity index (χ2v) is 4.85. The molecular weight excluding hydrogens is 741 g/mol. The Morgan fingerprint density at radius 1 is 0.656 bits per heavy atom. The van der Waals surface area contributed by atoms with Gasteiger partial charge in [-0.25, -0.2) is 13.2 Å². The Bertz CT molecular complexity index is 538. The fourth-order valence-electron chi connectivity index (χ4n) is 1.67. The Morgan fingerprint density at radius 2 is 0.969 bits per heavy atom. The summed E-state index contributed by atoms with van der Waals surface area (Å²) in [5.74, 6) is -19.2. The van der Waals surface area contributed by atoms with E-state index in [0.717, 1.165) is 0 Å². The molecule has 0 amide bonds.